The van der Waals surface area contributed by atoms with E-state index >= 15 is 0 Å². The molecule has 0 aliphatic carbocycles. The second-order valence-corrected chi connectivity index (χ2v) is 6.45. The number of nitrogens with zero attached hydrogens (tertiary/aromatic N) is 2. The molecule has 1 aliphatic rings. The lowest BCUT2D eigenvalue weighted by atomic mass is 10.1. The monoisotopic (exact) mass is 363 g/mol. The van der Waals surface area contributed by atoms with E-state index in [1.165, 1.54) is 0 Å². The molecule has 1 heterocycles. The van der Waals surface area contributed by atoms with Crippen LogP contribution in [-0.4, -0.2) is 68.3 Å². The molecule has 7 heteroatoms. The van der Waals surface area contributed by atoms with Crippen LogP contribution in [0.4, 0.5) is 4.79 Å². The predicted molar refractivity (Wildman–Crippen MR) is 104 cm³/mol. The molecule has 0 spiro atoms. The molecule has 2 amide bonds. The van der Waals surface area contributed by atoms with Crippen molar-refractivity contribution in [2.45, 2.75) is 26.4 Å². The van der Waals surface area contributed by atoms with Gasteiger partial charge in [-0.2, -0.15) is 0 Å². The summed E-state index contributed by atoms with van der Waals surface area (Å²) in [5, 5.41) is 6.04. The van der Waals surface area contributed by atoms with Crippen LogP contribution in [0.15, 0.2) is 24.3 Å². The fourth-order valence-electron chi connectivity index (χ4n) is 2.99. The van der Waals surface area contributed by atoms with Crippen LogP contribution in [0.2, 0.25) is 0 Å². The largest absolute Gasteiger partial charge is 0.494 e. The Bertz CT molecular complexity index is 533. The summed E-state index contributed by atoms with van der Waals surface area (Å²) in [6.07, 6.45) is 0.770. The molecule has 1 aromatic carbocycles. The third kappa shape index (κ3) is 6.48. The van der Waals surface area contributed by atoms with E-state index in [-0.39, 0.29) is 12.2 Å². The molecule has 2 rings (SSSR count). The number of hydrogen-bond acceptors (Lipinski definition) is 5. The molecule has 1 fully saturated rings. The molecule has 0 aromatic heterocycles. The lowest BCUT2D eigenvalue weighted by Gasteiger charge is -2.19. The van der Waals surface area contributed by atoms with Crippen LogP contribution < -0.4 is 21.1 Å². The van der Waals surface area contributed by atoms with E-state index < -0.39 is 0 Å². The molecular formula is C19H33N5O2. The molecule has 0 bridgehead atoms. The Morgan fingerprint density at radius 3 is 2.65 bits per heavy atom. The minimum absolute atomic E-state index is 0.00265. The predicted octanol–water partition coefficient (Wildman–Crippen LogP) is 1.37. The Morgan fingerprint density at radius 2 is 2.04 bits per heavy atom. The molecule has 1 aromatic rings. The van der Waals surface area contributed by atoms with Crippen molar-refractivity contribution in [3.05, 3.63) is 29.8 Å². The van der Waals surface area contributed by atoms with Gasteiger partial charge in [-0.25, -0.2) is 4.79 Å². The topological polar surface area (TPSA) is 82.9 Å². The van der Waals surface area contributed by atoms with Gasteiger partial charge in [-0.3, -0.25) is 5.32 Å². The lowest BCUT2D eigenvalue weighted by molar-refractivity contribution is 0.217. The molecule has 1 saturated heterocycles. The number of carbonyl (C=O) groups excluding carboxylic acids is 1. The summed E-state index contributed by atoms with van der Waals surface area (Å²) in [4.78, 5) is 15.7. The zero-order valence-electron chi connectivity index (χ0n) is 16.0. The van der Waals surface area contributed by atoms with E-state index in [4.69, 9.17) is 10.5 Å². The highest BCUT2D eigenvalue weighted by atomic mass is 16.5. The highest BCUT2D eigenvalue weighted by molar-refractivity contribution is 5.76. The van der Waals surface area contributed by atoms with Crippen molar-refractivity contribution in [1.29, 1.82) is 0 Å². The van der Waals surface area contributed by atoms with Crippen molar-refractivity contribution in [2.75, 3.05) is 52.4 Å². The number of benzene rings is 1. The quantitative estimate of drug-likeness (QED) is 0.386. The first-order chi connectivity index (χ1) is 12.6. The van der Waals surface area contributed by atoms with Crippen LogP contribution in [0.1, 0.15) is 32.0 Å². The van der Waals surface area contributed by atoms with Crippen LogP contribution in [-0.2, 0) is 0 Å². The molecule has 1 unspecified atom stereocenters. The van der Waals surface area contributed by atoms with E-state index in [1.54, 1.807) is 4.90 Å². The number of rotatable bonds is 12. The number of amides is 2. The van der Waals surface area contributed by atoms with E-state index in [1.807, 2.05) is 24.3 Å². The first-order valence-corrected chi connectivity index (χ1v) is 9.61. The van der Waals surface area contributed by atoms with Crippen LogP contribution in [0.3, 0.4) is 0 Å². The highest BCUT2D eigenvalue weighted by Crippen LogP contribution is 2.15. The molecule has 4 N–H and O–H groups in total. The van der Waals surface area contributed by atoms with Gasteiger partial charge >= 0.3 is 6.03 Å². The van der Waals surface area contributed by atoms with Gasteiger partial charge in [0.2, 0.25) is 0 Å². The first kappa shape index (κ1) is 20.5. The van der Waals surface area contributed by atoms with Gasteiger partial charge < -0.3 is 25.6 Å². The summed E-state index contributed by atoms with van der Waals surface area (Å²) in [7, 11) is 0. The zero-order chi connectivity index (χ0) is 18.8. The van der Waals surface area contributed by atoms with Gasteiger partial charge in [-0.05, 0) is 37.2 Å². The first-order valence-electron chi connectivity index (χ1n) is 9.61. The smallest absolute Gasteiger partial charge is 0.317 e. The summed E-state index contributed by atoms with van der Waals surface area (Å²) < 4.78 is 5.80. The molecule has 146 valence electrons. The van der Waals surface area contributed by atoms with Crippen LogP contribution >= 0.6 is 0 Å². The Kier molecular flexibility index (Phi) is 8.67. The average molecular weight is 364 g/mol. The second-order valence-electron chi connectivity index (χ2n) is 6.45. The van der Waals surface area contributed by atoms with E-state index in [0.29, 0.717) is 13.1 Å². The number of nitrogens with two attached hydrogens (primary N) is 1. The van der Waals surface area contributed by atoms with Crippen molar-refractivity contribution in [3.8, 4) is 5.75 Å². The van der Waals surface area contributed by atoms with Gasteiger partial charge in [0.25, 0.3) is 0 Å². The van der Waals surface area contributed by atoms with Gasteiger partial charge in [0, 0.05) is 32.7 Å². The number of ether oxygens (including phenoxy) is 1. The molecule has 0 radical (unpaired) electrons. The van der Waals surface area contributed by atoms with Crippen LogP contribution in [0.5, 0.6) is 5.75 Å². The molecular weight excluding hydrogens is 330 g/mol. The maximum atomic E-state index is 11.5. The van der Waals surface area contributed by atoms with Gasteiger partial charge in [-0.1, -0.05) is 26.0 Å². The summed E-state index contributed by atoms with van der Waals surface area (Å²) in [6, 6.07) is 7.90. The minimum Gasteiger partial charge on any atom is -0.494 e. The van der Waals surface area contributed by atoms with Crippen LogP contribution in [0, 0.1) is 0 Å². The fraction of sp³-hybridized carbons (Fsp3) is 0.632. The average Bonchev–Trinajstić information content (AvgIpc) is 3.07. The molecule has 1 aliphatic heterocycles. The number of urea groups is 1. The standard InChI is InChI=1S/C19H33N5O2/c1-3-23(4-2)12-5-15-26-17-8-6-16(7-9-17)18(20)21-10-13-24-14-11-22-19(24)25/h6-9,18,21H,3-5,10-15,20H2,1-2H3,(H,22,25). The highest BCUT2D eigenvalue weighted by Gasteiger charge is 2.18. The summed E-state index contributed by atoms with van der Waals surface area (Å²) in [5.41, 5.74) is 7.18. The lowest BCUT2D eigenvalue weighted by Crippen LogP contribution is -2.38. The van der Waals surface area contributed by atoms with Crippen molar-refractivity contribution in [2.24, 2.45) is 5.73 Å². The van der Waals surface area contributed by atoms with Gasteiger partial charge in [0.15, 0.2) is 0 Å². The number of carbonyl (C=O) groups is 1. The Hall–Kier alpha value is -1.83. The second kappa shape index (κ2) is 11.0. The number of hydrogen-bond donors (Lipinski definition) is 3. The zero-order valence-corrected chi connectivity index (χ0v) is 16.0. The van der Waals surface area contributed by atoms with Gasteiger partial charge in [0.1, 0.15) is 5.75 Å². The normalized spacial score (nSPS) is 15.4. The van der Waals surface area contributed by atoms with Crippen molar-refractivity contribution < 1.29 is 9.53 Å². The van der Waals surface area contributed by atoms with Crippen molar-refractivity contribution in [3.63, 3.8) is 0 Å². The minimum atomic E-state index is -0.252. The van der Waals surface area contributed by atoms with E-state index in [9.17, 15) is 4.79 Å². The van der Waals surface area contributed by atoms with Gasteiger partial charge in [-0.15, -0.1) is 0 Å². The molecule has 7 nitrogen and oxygen atoms in total. The Morgan fingerprint density at radius 1 is 1.31 bits per heavy atom. The Balaban J connectivity index is 1.66. The summed E-state index contributed by atoms with van der Waals surface area (Å²) >= 11 is 0. The van der Waals surface area contributed by atoms with Gasteiger partial charge in [0.05, 0.1) is 12.8 Å². The fourth-order valence-corrected chi connectivity index (χ4v) is 2.99. The maximum absolute atomic E-state index is 11.5. The molecule has 0 saturated carbocycles. The number of nitrogens with one attached hydrogen (secondary N) is 2. The summed E-state index contributed by atoms with van der Waals surface area (Å²) in [6.45, 7) is 11.1. The van der Waals surface area contributed by atoms with Crippen molar-refractivity contribution in [1.82, 2.24) is 20.4 Å². The third-order valence-electron chi connectivity index (χ3n) is 4.71. The van der Waals surface area contributed by atoms with Crippen molar-refractivity contribution >= 4 is 6.03 Å². The van der Waals surface area contributed by atoms with E-state index in [2.05, 4.69) is 29.4 Å². The van der Waals surface area contributed by atoms with E-state index in [0.717, 1.165) is 57.1 Å². The third-order valence-corrected chi connectivity index (χ3v) is 4.71. The molecule has 1 atom stereocenters. The summed E-state index contributed by atoms with van der Waals surface area (Å²) in [5.74, 6) is 0.870. The maximum Gasteiger partial charge on any atom is 0.317 e. The molecule has 26 heavy (non-hydrogen) atoms. The Labute approximate surface area is 156 Å². The van der Waals surface area contributed by atoms with Crippen LogP contribution in [0.25, 0.3) is 0 Å². The SMILES string of the molecule is CCN(CC)CCCOc1ccc(C(N)NCCN2CCNC2=O)cc1.